The first kappa shape index (κ1) is 21.8. The third-order valence-electron chi connectivity index (χ3n) is 6.48. The van der Waals surface area contributed by atoms with Crippen LogP contribution in [-0.2, 0) is 16.0 Å². The topological polar surface area (TPSA) is 124 Å². The third-order valence-corrected chi connectivity index (χ3v) is 6.48. The number of carbonyl (C=O) groups is 2. The average Bonchev–Trinajstić information content (AvgIpc) is 3.54. The number of rotatable bonds is 5. The van der Waals surface area contributed by atoms with E-state index < -0.39 is 0 Å². The molecular weight excluding hydrogens is 434 g/mol. The molecule has 1 saturated heterocycles. The number of carbonyl (C=O) groups excluding carboxylic acids is 2. The molecular formula is C25H25N5O4. The largest absolute Gasteiger partial charge is 0.459 e. The summed E-state index contributed by atoms with van der Waals surface area (Å²) in [6.45, 7) is 3.15. The van der Waals surface area contributed by atoms with Gasteiger partial charge in [-0.2, -0.15) is 10.2 Å². The minimum Gasteiger partial charge on any atom is -0.459 e. The summed E-state index contributed by atoms with van der Waals surface area (Å²) in [4.78, 5) is 30.7. The zero-order valence-electron chi connectivity index (χ0n) is 18.8. The van der Waals surface area contributed by atoms with E-state index in [9.17, 15) is 14.9 Å². The molecule has 3 aromatic rings. The molecule has 174 valence electrons. The standard InChI is InChI=1S/C25H25N5O4/c1-15(17-4-6-19-18(13-17)5-7-22(31)28-19)27-23(32)16-8-10-30(11-9-16)25-20(14-26)29-24(34-25)21-3-2-12-33-21/h2-4,6,12-13,15-16H,5,7-11H2,1H3,(H,27,32)(H,28,31). The monoisotopic (exact) mass is 459 g/mol. The second-order valence-corrected chi connectivity index (χ2v) is 8.72. The lowest BCUT2D eigenvalue weighted by atomic mass is 9.94. The highest BCUT2D eigenvalue weighted by atomic mass is 16.4. The zero-order chi connectivity index (χ0) is 23.7. The number of amides is 2. The SMILES string of the molecule is CC(NC(=O)C1CCN(c2oc(-c3ccco3)nc2C#N)CC1)c1ccc2c(c1)CCC(=O)N2. The molecule has 1 fully saturated rings. The number of hydrogen-bond donors (Lipinski definition) is 2. The molecule has 2 N–H and O–H groups in total. The lowest BCUT2D eigenvalue weighted by molar-refractivity contribution is -0.126. The van der Waals surface area contributed by atoms with Gasteiger partial charge in [-0.3, -0.25) is 9.59 Å². The first-order valence-corrected chi connectivity index (χ1v) is 11.4. The van der Waals surface area contributed by atoms with E-state index in [4.69, 9.17) is 8.83 Å². The van der Waals surface area contributed by atoms with Crippen molar-refractivity contribution in [3.63, 3.8) is 0 Å². The van der Waals surface area contributed by atoms with Crippen LogP contribution in [0.5, 0.6) is 0 Å². The molecule has 2 aliphatic heterocycles. The second-order valence-electron chi connectivity index (χ2n) is 8.72. The van der Waals surface area contributed by atoms with Crippen LogP contribution in [0, 0.1) is 17.2 Å². The van der Waals surface area contributed by atoms with E-state index in [0.717, 1.165) is 16.8 Å². The number of nitrogens with zero attached hydrogens (tertiary/aromatic N) is 3. The second kappa shape index (κ2) is 9.06. The van der Waals surface area contributed by atoms with Gasteiger partial charge in [0, 0.05) is 31.1 Å². The molecule has 0 aliphatic carbocycles. The van der Waals surface area contributed by atoms with Crippen LogP contribution in [0.15, 0.2) is 45.4 Å². The Morgan fingerprint density at radius 1 is 1.29 bits per heavy atom. The van der Waals surface area contributed by atoms with Crippen LogP contribution >= 0.6 is 0 Å². The number of benzene rings is 1. The fourth-order valence-corrected chi connectivity index (χ4v) is 4.54. The van der Waals surface area contributed by atoms with E-state index >= 15 is 0 Å². The first-order valence-electron chi connectivity index (χ1n) is 11.4. The average molecular weight is 460 g/mol. The van der Waals surface area contributed by atoms with Gasteiger partial charge in [0.1, 0.15) is 6.07 Å². The van der Waals surface area contributed by atoms with Crippen molar-refractivity contribution in [1.82, 2.24) is 10.3 Å². The third kappa shape index (κ3) is 4.27. The molecule has 0 saturated carbocycles. The fraction of sp³-hybridized carbons (Fsp3) is 0.360. The van der Waals surface area contributed by atoms with Gasteiger partial charge < -0.3 is 24.4 Å². The zero-order valence-corrected chi connectivity index (χ0v) is 18.8. The molecule has 34 heavy (non-hydrogen) atoms. The van der Waals surface area contributed by atoms with E-state index in [1.165, 1.54) is 6.26 Å². The summed E-state index contributed by atoms with van der Waals surface area (Å²) < 4.78 is 11.2. The number of hydrogen-bond acceptors (Lipinski definition) is 7. The van der Waals surface area contributed by atoms with Crippen molar-refractivity contribution in [1.29, 1.82) is 5.26 Å². The van der Waals surface area contributed by atoms with Crippen LogP contribution in [0.4, 0.5) is 11.6 Å². The number of furan rings is 1. The molecule has 4 heterocycles. The number of anilines is 2. The smallest absolute Gasteiger partial charge is 0.266 e. The highest BCUT2D eigenvalue weighted by molar-refractivity contribution is 5.93. The van der Waals surface area contributed by atoms with Crippen molar-refractivity contribution >= 4 is 23.4 Å². The Labute approximate surface area is 196 Å². The summed E-state index contributed by atoms with van der Waals surface area (Å²) in [5, 5.41) is 15.5. The molecule has 5 rings (SSSR count). The molecule has 0 bridgehead atoms. The van der Waals surface area contributed by atoms with Crippen molar-refractivity contribution in [2.45, 2.75) is 38.6 Å². The van der Waals surface area contributed by atoms with Crippen molar-refractivity contribution in [3.05, 3.63) is 53.4 Å². The number of nitrogens with one attached hydrogen (secondary N) is 2. The molecule has 1 unspecified atom stereocenters. The molecule has 2 amide bonds. The van der Waals surface area contributed by atoms with E-state index in [1.807, 2.05) is 24.0 Å². The Morgan fingerprint density at radius 2 is 2.12 bits per heavy atom. The summed E-state index contributed by atoms with van der Waals surface area (Å²) in [6, 6.07) is 11.3. The highest BCUT2D eigenvalue weighted by Crippen LogP contribution is 2.32. The Bertz CT molecular complexity index is 1250. The van der Waals surface area contributed by atoms with E-state index in [1.54, 1.807) is 12.1 Å². The van der Waals surface area contributed by atoms with Gasteiger partial charge in [0.2, 0.25) is 23.4 Å². The summed E-state index contributed by atoms with van der Waals surface area (Å²) in [7, 11) is 0. The predicted molar refractivity (Wildman–Crippen MR) is 124 cm³/mol. The van der Waals surface area contributed by atoms with Crippen LogP contribution in [-0.4, -0.2) is 29.9 Å². The van der Waals surface area contributed by atoms with Gasteiger partial charge in [-0.1, -0.05) is 12.1 Å². The van der Waals surface area contributed by atoms with Crippen molar-refractivity contribution in [2.24, 2.45) is 5.92 Å². The molecule has 2 aromatic heterocycles. The lowest BCUT2D eigenvalue weighted by Crippen LogP contribution is -2.41. The van der Waals surface area contributed by atoms with Gasteiger partial charge in [0.25, 0.3) is 5.89 Å². The maximum atomic E-state index is 13.0. The fourth-order valence-electron chi connectivity index (χ4n) is 4.54. The molecule has 1 atom stereocenters. The van der Waals surface area contributed by atoms with Gasteiger partial charge in [0.05, 0.1) is 12.3 Å². The Balaban J connectivity index is 1.20. The van der Waals surface area contributed by atoms with E-state index in [0.29, 0.717) is 50.4 Å². The van der Waals surface area contributed by atoms with E-state index in [-0.39, 0.29) is 35.4 Å². The Hall–Kier alpha value is -4.06. The highest BCUT2D eigenvalue weighted by Gasteiger charge is 2.30. The predicted octanol–water partition coefficient (Wildman–Crippen LogP) is 3.78. The van der Waals surface area contributed by atoms with Crippen LogP contribution < -0.4 is 15.5 Å². The first-order chi connectivity index (χ1) is 16.5. The summed E-state index contributed by atoms with van der Waals surface area (Å²) in [6.07, 6.45) is 4.02. The summed E-state index contributed by atoms with van der Waals surface area (Å²) >= 11 is 0. The van der Waals surface area contributed by atoms with Gasteiger partial charge in [-0.05, 0) is 55.5 Å². The molecule has 0 radical (unpaired) electrons. The number of piperidine rings is 1. The Kier molecular flexibility index (Phi) is 5.80. The van der Waals surface area contributed by atoms with Crippen molar-refractivity contribution < 1.29 is 18.4 Å². The van der Waals surface area contributed by atoms with Crippen LogP contribution in [0.2, 0.25) is 0 Å². The normalized spacial score (nSPS) is 16.9. The number of aromatic nitrogens is 1. The molecule has 1 aromatic carbocycles. The quantitative estimate of drug-likeness (QED) is 0.595. The minimum absolute atomic E-state index is 0.0209. The van der Waals surface area contributed by atoms with Crippen LogP contribution in [0.3, 0.4) is 0 Å². The van der Waals surface area contributed by atoms with E-state index in [2.05, 4.69) is 27.8 Å². The molecule has 9 heteroatoms. The van der Waals surface area contributed by atoms with Gasteiger partial charge in [-0.25, -0.2) is 0 Å². The Morgan fingerprint density at radius 3 is 2.85 bits per heavy atom. The van der Waals surface area contributed by atoms with Crippen LogP contribution in [0.1, 0.15) is 49.0 Å². The van der Waals surface area contributed by atoms with Crippen molar-refractivity contribution in [2.75, 3.05) is 23.3 Å². The number of oxazole rings is 1. The maximum absolute atomic E-state index is 13.0. The molecule has 9 nitrogen and oxygen atoms in total. The molecule has 2 aliphatic rings. The minimum atomic E-state index is -0.135. The summed E-state index contributed by atoms with van der Waals surface area (Å²) in [5.74, 6) is 1.10. The number of aryl methyl sites for hydroxylation is 1. The lowest BCUT2D eigenvalue weighted by Gasteiger charge is -2.31. The number of nitriles is 1. The van der Waals surface area contributed by atoms with Gasteiger partial charge >= 0.3 is 0 Å². The number of fused-ring (bicyclic) bond motifs is 1. The van der Waals surface area contributed by atoms with Crippen molar-refractivity contribution in [3.8, 4) is 17.7 Å². The van der Waals surface area contributed by atoms with Gasteiger partial charge in [-0.15, -0.1) is 0 Å². The van der Waals surface area contributed by atoms with Crippen LogP contribution in [0.25, 0.3) is 11.7 Å². The van der Waals surface area contributed by atoms with Gasteiger partial charge in [0.15, 0.2) is 5.76 Å². The molecule has 0 spiro atoms. The summed E-state index contributed by atoms with van der Waals surface area (Å²) in [5.41, 5.74) is 3.18. The maximum Gasteiger partial charge on any atom is 0.266 e.